The Morgan fingerprint density at radius 3 is 3.00 bits per heavy atom. The van der Waals surface area contributed by atoms with Crippen LogP contribution in [-0.4, -0.2) is 18.1 Å². The van der Waals surface area contributed by atoms with Crippen molar-refractivity contribution in [1.82, 2.24) is 5.32 Å². The van der Waals surface area contributed by atoms with Crippen molar-refractivity contribution in [3.8, 4) is 11.5 Å². The van der Waals surface area contributed by atoms with Gasteiger partial charge < -0.3 is 15.2 Å². The molecule has 0 unspecified atom stereocenters. The zero-order valence-electron chi connectivity index (χ0n) is 16.3. The molecule has 22 heavy (non-hydrogen) atoms. The Hall–Kier alpha value is -1.97. The summed E-state index contributed by atoms with van der Waals surface area (Å²) >= 11 is 0. The maximum Gasteiger partial charge on any atom is 0.220 e. The van der Waals surface area contributed by atoms with Crippen molar-refractivity contribution >= 4 is 5.91 Å². The molecule has 4 heteroatoms. The standard InChI is InChI=1S/C18H27NO3/c1-14(2)8-6-4-5-7-9-18(21)19-13-15-10-11-16(20)17(12-15)22-3/h6,8,10-12,14,20H,4-5,7,9,13H2,1-3H3,(H,19,21)/b8-6+/i3D3. The number of hydrogen-bond acceptors (Lipinski definition) is 3. The van der Waals surface area contributed by atoms with Crippen LogP contribution in [0.25, 0.3) is 0 Å². The highest BCUT2D eigenvalue weighted by atomic mass is 16.5. The molecule has 0 saturated heterocycles. The van der Waals surface area contributed by atoms with E-state index in [1.165, 1.54) is 12.1 Å². The number of phenolic OH excluding ortho intramolecular Hbond substituents is 1. The summed E-state index contributed by atoms with van der Waals surface area (Å²) in [6.45, 7) is 4.51. The lowest BCUT2D eigenvalue weighted by atomic mass is 10.1. The van der Waals surface area contributed by atoms with Gasteiger partial charge in [-0.05, 0) is 42.9 Å². The molecule has 0 aliphatic carbocycles. The zero-order chi connectivity index (χ0) is 18.9. The molecule has 1 aromatic rings. The van der Waals surface area contributed by atoms with Crippen LogP contribution in [0.15, 0.2) is 30.4 Å². The Bertz CT molecular complexity index is 583. The third-order valence-electron chi connectivity index (χ3n) is 3.17. The average Bonchev–Trinajstić information content (AvgIpc) is 2.50. The van der Waals surface area contributed by atoms with Crippen molar-refractivity contribution in [1.29, 1.82) is 0 Å². The van der Waals surface area contributed by atoms with Crippen molar-refractivity contribution in [3.63, 3.8) is 0 Å². The monoisotopic (exact) mass is 308 g/mol. The predicted octanol–water partition coefficient (Wildman–Crippen LogP) is 3.79. The van der Waals surface area contributed by atoms with E-state index in [9.17, 15) is 9.90 Å². The summed E-state index contributed by atoms with van der Waals surface area (Å²) in [5.74, 6) is 0.122. The third kappa shape index (κ3) is 7.16. The Morgan fingerprint density at radius 1 is 1.45 bits per heavy atom. The molecule has 0 heterocycles. The van der Waals surface area contributed by atoms with E-state index in [0.29, 0.717) is 17.9 Å². The second-order valence-corrected chi connectivity index (χ2v) is 5.60. The normalized spacial score (nSPS) is 13.7. The molecule has 0 aromatic heterocycles. The third-order valence-corrected chi connectivity index (χ3v) is 3.17. The number of carbonyl (C=O) groups is 1. The number of methoxy groups -OCH3 is 1. The van der Waals surface area contributed by atoms with Gasteiger partial charge in [0, 0.05) is 13.0 Å². The molecule has 1 aromatic carbocycles. The molecular formula is C18H27NO3. The number of carbonyl (C=O) groups excluding carboxylic acids is 1. The summed E-state index contributed by atoms with van der Waals surface area (Å²) in [7, 11) is -2.64. The maximum absolute atomic E-state index is 11.8. The molecule has 0 aliphatic heterocycles. The van der Waals surface area contributed by atoms with E-state index in [-0.39, 0.29) is 24.0 Å². The van der Waals surface area contributed by atoms with Gasteiger partial charge >= 0.3 is 0 Å². The SMILES string of the molecule is [2H]C([2H])([2H])Oc1cc(CNC(=O)CCCC/C=C/C(C)C)ccc1O. The molecule has 4 nitrogen and oxygen atoms in total. The molecule has 0 atom stereocenters. The van der Waals surface area contributed by atoms with Crippen LogP contribution in [-0.2, 0) is 11.3 Å². The molecule has 0 saturated carbocycles. The lowest BCUT2D eigenvalue weighted by molar-refractivity contribution is -0.121. The smallest absolute Gasteiger partial charge is 0.220 e. The van der Waals surface area contributed by atoms with Crippen LogP contribution in [0.5, 0.6) is 11.5 Å². The second-order valence-electron chi connectivity index (χ2n) is 5.60. The molecular weight excluding hydrogens is 278 g/mol. The highest BCUT2D eigenvalue weighted by Gasteiger charge is 2.04. The summed E-state index contributed by atoms with van der Waals surface area (Å²) in [6.07, 6.45) is 7.50. The summed E-state index contributed by atoms with van der Waals surface area (Å²) < 4.78 is 26.0. The minimum atomic E-state index is -2.64. The number of aromatic hydroxyl groups is 1. The minimum absolute atomic E-state index is 0.0563. The molecule has 122 valence electrons. The molecule has 2 N–H and O–H groups in total. The number of amides is 1. The van der Waals surface area contributed by atoms with Crippen LogP contribution >= 0.6 is 0 Å². The number of rotatable bonds is 9. The van der Waals surface area contributed by atoms with Crippen LogP contribution < -0.4 is 10.1 Å². The molecule has 0 aliphatic rings. The van der Waals surface area contributed by atoms with Crippen molar-refractivity contribution in [3.05, 3.63) is 35.9 Å². The highest BCUT2D eigenvalue weighted by Crippen LogP contribution is 2.26. The Morgan fingerprint density at radius 2 is 2.27 bits per heavy atom. The number of allylic oxidation sites excluding steroid dienone is 2. The van der Waals surface area contributed by atoms with E-state index in [1.54, 1.807) is 6.07 Å². The topological polar surface area (TPSA) is 58.6 Å². The van der Waals surface area contributed by atoms with E-state index >= 15 is 0 Å². The van der Waals surface area contributed by atoms with Crippen LogP contribution in [0, 0.1) is 5.92 Å². The van der Waals surface area contributed by atoms with Gasteiger partial charge in [-0.25, -0.2) is 0 Å². The van der Waals surface area contributed by atoms with Crippen LogP contribution in [0.4, 0.5) is 0 Å². The molecule has 0 fully saturated rings. The first kappa shape index (κ1) is 13.7. The first-order valence-corrected chi connectivity index (χ1v) is 7.61. The molecule has 0 bridgehead atoms. The average molecular weight is 308 g/mol. The Kier molecular flexibility index (Phi) is 6.14. The van der Waals surface area contributed by atoms with E-state index in [1.807, 2.05) is 0 Å². The van der Waals surface area contributed by atoms with Gasteiger partial charge in [-0.15, -0.1) is 0 Å². The quantitative estimate of drug-likeness (QED) is 0.539. The number of hydrogen-bond donors (Lipinski definition) is 2. The largest absolute Gasteiger partial charge is 0.504 e. The number of unbranched alkanes of at least 4 members (excludes halogenated alkanes) is 2. The van der Waals surface area contributed by atoms with Gasteiger partial charge in [0.15, 0.2) is 11.5 Å². The molecule has 0 spiro atoms. The fraction of sp³-hybridized carbons (Fsp3) is 0.500. The fourth-order valence-electron chi connectivity index (χ4n) is 1.96. The number of nitrogens with one attached hydrogen (secondary N) is 1. The molecule has 1 amide bonds. The number of ether oxygens (including phenoxy) is 1. The van der Waals surface area contributed by atoms with Gasteiger partial charge in [-0.1, -0.05) is 32.1 Å². The van der Waals surface area contributed by atoms with Gasteiger partial charge in [0.25, 0.3) is 0 Å². The minimum Gasteiger partial charge on any atom is -0.504 e. The van der Waals surface area contributed by atoms with Crippen LogP contribution in [0.3, 0.4) is 0 Å². The lowest BCUT2D eigenvalue weighted by Gasteiger charge is -2.08. The van der Waals surface area contributed by atoms with Crippen LogP contribution in [0.1, 0.15) is 49.2 Å². The second kappa shape index (κ2) is 9.87. The highest BCUT2D eigenvalue weighted by molar-refractivity contribution is 5.75. The number of benzene rings is 1. The van der Waals surface area contributed by atoms with E-state index < -0.39 is 7.04 Å². The van der Waals surface area contributed by atoms with Crippen molar-refractivity contribution in [2.75, 3.05) is 7.04 Å². The van der Waals surface area contributed by atoms with Gasteiger partial charge in [0.05, 0.1) is 11.2 Å². The van der Waals surface area contributed by atoms with Crippen molar-refractivity contribution < 1.29 is 18.8 Å². The lowest BCUT2D eigenvalue weighted by Crippen LogP contribution is -2.22. The molecule has 0 radical (unpaired) electrons. The summed E-state index contributed by atoms with van der Waals surface area (Å²) in [6, 6.07) is 4.38. The van der Waals surface area contributed by atoms with E-state index in [2.05, 4.69) is 31.3 Å². The van der Waals surface area contributed by atoms with Crippen molar-refractivity contribution in [2.24, 2.45) is 5.92 Å². The van der Waals surface area contributed by atoms with E-state index in [4.69, 9.17) is 8.85 Å². The predicted molar refractivity (Wildman–Crippen MR) is 89.0 cm³/mol. The van der Waals surface area contributed by atoms with Gasteiger partial charge in [-0.2, -0.15) is 0 Å². The summed E-state index contributed by atoms with van der Waals surface area (Å²) in [5, 5.41) is 12.4. The first-order chi connectivity index (χ1) is 11.7. The first-order valence-electron chi connectivity index (χ1n) is 9.11. The summed E-state index contributed by atoms with van der Waals surface area (Å²) in [5.41, 5.74) is 0.658. The van der Waals surface area contributed by atoms with Gasteiger partial charge in [0.1, 0.15) is 0 Å². The van der Waals surface area contributed by atoms with Gasteiger partial charge in [-0.3, -0.25) is 4.79 Å². The fourth-order valence-corrected chi connectivity index (χ4v) is 1.96. The Labute approximate surface area is 137 Å². The maximum atomic E-state index is 11.8. The van der Waals surface area contributed by atoms with E-state index in [0.717, 1.165) is 19.3 Å². The van der Waals surface area contributed by atoms with Crippen LogP contribution in [0.2, 0.25) is 0 Å². The van der Waals surface area contributed by atoms with Crippen molar-refractivity contribution in [2.45, 2.75) is 46.1 Å². The van der Waals surface area contributed by atoms with Gasteiger partial charge in [0.2, 0.25) is 5.91 Å². The summed E-state index contributed by atoms with van der Waals surface area (Å²) in [4.78, 5) is 11.8. The molecule has 1 rings (SSSR count). The number of phenols is 1. The zero-order valence-corrected chi connectivity index (χ0v) is 13.3. The Balaban J connectivity index is 2.37.